The second kappa shape index (κ2) is 4.55. The van der Waals surface area contributed by atoms with Gasteiger partial charge in [-0.05, 0) is 25.2 Å². The van der Waals surface area contributed by atoms with E-state index in [1.54, 1.807) is 12.1 Å². The van der Waals surface area contributed by atoms with Gasteiger partial charge in [0, 0.05) is 31.6 Å². The molecule has 1 aromatic carbocycles. The summed E-state index contributed by atoms with van der Waals surface area (Å²) in [5.74, 6) is -0.00214. The lowest BCUT2D eigenvalue weighted by atomic mass is 10.1. The van der Waals surface area contributed by atoms with E-state index < -0.39 is 5.97 Å². The number of hydrogen-bond acceptors (Lipinski definition) is 4. The SMILES string of the molecule is CN1CCN(c2n[nH]c3cc(C(=O)O)ccc23)CC1. The average molecular weight is 260 g/mol. The normalized spacial score (nSPS) is 17.0. The van der Waals surface area contributed by atoms with Crippen molar-refractivity contribution in [1.29, 1.82) is 0 Å². The van der Waals surface area contributed by atoms with E-state index in [1.165, 1.54) is 0 Å². The van der Waals surface area contributed by atoms with Crippen molar-refractivity contribution in [1.82, 2.24) is 15.1 Å². The molecule has 0 bridgehead atoms. The molecule has 6 nitrogen and oxygen atoms in total. The van der Waals surface area contributed by atoms with Crippen molar-refractivity contribution in [3.05, 3.63) is 23.8 Å². The topological polar surface area (TPSA) is 72.5 Å². The highest BCUT2D eigenvalue weighted by Gasteiger charge is 2.19. The van der Waals surface area contributed by atoms with Crippen LogP contribution in [0.2, 0.25) is 0 Å². The zero-order valence-corrected chi connectivity index (χ0v) is 10.8. The van der Waals surface area contributed by atoms with E-state index in [-0.39, 0.29) is 5.56 Å². The Hall–Kier alpha value is -2.08. The lowest BCUT2D eigenvalue weighted by Crippen LogP contribution is -2.44. The van der Waals surface area contributed by atoms with Gasteiger partial charge in [-0.1, -0.05) is 0 Å². The Bertz CT molecular complexity index is 614. The summed E-state index contributed by atoms with van der Waals surface area (Å²) in [7, 11) is 2.11. The Morgan fingerprint density at radius 2 is 2.05 bits per heavy atom. The van der Waals surface area contributed by atoms with Gasteiger partial charge in [-0.3, -0.25) is 5.10 Å². The number of benzene rings is 1. The number of carboxylic acid groups (broad SMARTS) is 1. The number of fused-ring (bicyclic) bond motifs is 1. The highest BCUT2D eigenvalue weighted by molar-refractivity contribution is 5.97. The molecule has 0 unspecified atom stereocenters. The Morgan fingerprint density at radius 1 is 1.32 bits per heavy atom. The summed E-state index contributed by atoms with van der Waals surface area (Å²) in [6.07, 6.45) is 0. The van der Waals surface area contributed by atoms with Crippen LogP contribution in [0.5, 0.6) is 0 Å². The van der Waals surface area contributed by atoms with Crippen molar-refractivity contribution in [3.8, 4) is 0 Å². The van der Waals surface area contributed by atoms with Gasteiger partial charge in [0.05, 0.1) is 11.1 Å². The molecule has 100 valence electrons. The second-order valence-corrected chi connectivity index (χ2v) is 4.90. The number of nitrogens with zero attached hydrogens (tertiary/aromatic N) is 3. The highest BCUT2D eigenvalue weighted by atomic mass is 16.4. The Morgan fingerprint density at radius 3 is 2.74 bits per heavy atom. The molecule has 1 saturated heterocycles. The lowest BCUT2D eigenvalue weighted by Gasteiger charge is -2.32. The molecule has 3 rings (SSSR count). The number of aromatic carboxylic acids is 1. The van der Waals surface area contributed by atoms with E-state index in [0.29, 0.717) is 0 Å². The van der Waals surface area contributed by atoms with E-state index in [1.807, 2.05) is 6.07 Å². The summed E-state index contributed by atoms with van der Waals surface area (Å²) in [6.45, 7) is 3.91. The predicted octanol–water partition coefficient (Wildman–Crippen LogP) is 1.01. The zero-order valence-electron chi connectivity index (χ0n) is 10.8. The molecular weight excluding hydrogens is 244 g/mol. The number of H-pyrrole nitrogens is 1. The number of rotatable bonds is 2. The number of aromatic nitrogens is 2. The van der Waals surface area contributed by atoms with Crippen LogP contribution in [0.15, 0.2) is 18.2 Å². The summed E-state index contributed by atoms with van der Waals surface area (Å²) < 4.78 is 0. The number of carbonyl (C=O) groups is 1. The first-order chi connectivity index (χ1) is 9.15. The summed E-state index contributed by atoms with van der Waals surface area (Å²) in [5, 5.41) is 17.2. The number of carboxylic acids is 1. The maximum absolute atomic E-state index is 10.9. The number of piperazine rings is 1. The molecule has 0 radical (unpaired) electrons. The van der Waals surface area contributed by atoms with Crippen LogP contribution >= 0.6 is 0 Å². The predicted molar refractivity (Wildman–Crippen MR) is 72.8 cm³/mol. The third-order valence-corrected chi connectivity index (χ3v) is 3.59. The minimum Gasteiger partial charge on any atom is -0.478 e. The first-order valence-electron chi connectivity index (χ1n) is 6.30. The molecule has 0 atom stereocenters. The summed E-state index contributed by atoms with van der Waals surface area (Å²) in [6, 6.07) is 5.08. The van der Waals surface area contributed by atoms with Crippen LogP contribution in [0.1, 0.15) is 10.4 Å². The monoisotopic (exact) mass is 260 g/mol. The molecular formula is C13H16N4O2. The quantitative estimate of drug-likeness (QED) is 0.843. The van der Waals surface area contributed by atoms with E-state index in [9.17, 15) is 4.79 Å². The Kier molecular flexibility index (Phi) is 2.87. The van der Waals surface area contributed by atoms with Crippen molar-refractivity contribution in [2.45, 2.75) is 0 Å². The minimum atomic E-state index is -0.919. The molecule has 1 fully saturated rings. The van der Waals surface area contributed by atoms with Gasteiger partial charge < -0.3 is 14.9 Å². The third-order valence-electron chi connectivity index (χ3n) is 3.59. The van der Waals surface area contributed by atoms with Crippen LogP contribution < -0.4 is 4.90 Å². The van der Waals surface area contributed by atoms with Gasteiger partial charge in [0.1, 0.15) is 0 Å². The van der Waals surface area contributed by atoms with E-state index in [0.717, 1.165) is 42.9 Å². The fraction of sp³-hybridized carbons (Fsp3) is 0.385. The maximum Gasteiger partial charge on any atom is 0.335 e. The summed E-state index contributed by atoms with van der Waals surface area (Å²) >= 11 is 0. The van der Waals surface area contributed by atoms with Gasteiger partial charge in [0.15, 0.2) is 5.82 Å². The number of hydrogen-bond donors (Lipinski definition) is 2. The summed E-state index contributed by atoms with van der Waals surface area (Å²) in [5.41, 5.74) is 1.05. The molecule has 1 aromatic heterocycles. The van der Waals surface area contributed by atoms with Crippen molar-refractivity contribution in [2.75, 3.05) is 38.1 Å². The fourth-order valence-corrected chi connectivity index (χ4v) is 2.40. The van der Waals surface area contributed by atoms with Crippen molar-refractivity contribution < 1.29 is 9.90 Å². The molecule has 6 heteroatoms. The Labute approximate surface area is 110 Å². The number of anilines is 1. The molecule has 0 saturated carbocycles. The van der Waals surface area contributed by atoms with Crippen LogP contribution in [0.3, 0.4) is 0 Å². The fourth-order valence-electron chi connectivity index (χ4n) is 2.40. The largest absolute Gasteiger partial charge is 0.478 e. The van der Waals surface area contributed by atoms with Gasteiger partial charge in [0.25, 0.3) is 0 Å². The molecule has 0 aliphatic carbocycles. The molecule has 0 amide bonds. The molecule has 0 spiro atoms. The zero-order chi connectivity index (χ0) is 13.4. The second-order valence-electron chi connectivity index (χ2n) is 4.90. The average Bonchev–Trinajstić information content (AvgIpc) is 2.82. The van der Waals surface area contributed by atoms with Crippen LogP contribution in [-0.2, 0) is 0 Å². The van der Waals surface area contributed by atoms with Gasteiger partial charge >= 0.3 is 5.97 Å². The van der Waals surface area contributed by atoms with Crippen LogP contribution in [0.25, 0.3) is 10.9 Å². The van der Waals surface area contributed by atoms with Crippen LogP contribution in [-0.4, -0.2) is 59.4 Å². The molecule has 19 heavy (non-hydrogen) atoms. The Balaban J connectivity index is 1.95. The smallest absolute Gasteiger partial charge is 0.335 e. The number of aromatic amines is 1. The van der Waals surface area contributed by atoms with Gasteiger partial charge in [-0.25, -0.2) is 4.79 Å². The number of likely N-dealkylation sites (N-methyl/N-ethyl adjacent to an activating group) is 1. The van der Waals surface area contributed by atoms with Gasteiger partial charge in [-0.15, -0.1) is 0 Å². The molecule has 1 aliphatic rings. The van der Waals surface area contributed by atoms with E-state index >= 15 is 0 Å². The first-order valence-corrected chi connectivity index (χ1v) is 6.30. The first kappa shape index (κ1) is 12.0. The molecule has 1 aliphatic heterocycles. The van der Waals surface area contributed by atoms with Crippen molar-refractivity contribution >= 4 is 22.7 Å². The molecule has 2 heterocycles. The van der Waals surface area contributed by atoms with Gasteiger partial charge in [-0.2, -0.15) is 5.10 Å². The minimum absolute atomic E-state index is 0.279. The molecule has 2 N–H and O–H groups in total. The van der Waals surface area contributed by atoms with E-state index in [4.69, 9.17) is 5.11 Å². The highest BCUT2D eigenvalue weighted by Crippen LogP contribution is 2.25. The lowest BCUT2D eigenvalue weighted by molar-refractivity contribution is 0.0697. The van der Waals surface area contributed by atoms with Crippen LogP contribution in [0, 0.1) is 0 Å². The standard InChI is InChI=1S/C13H16N4O2/c1-16-4-6-17(7-5-16)12-10-3-2-9(13(18)19)8-11(10)14-15-12/h2-3,8H,4-7H2,1H3,(H,14,15)(H,18,19). The van der Waals surface area contributed by atoms with Crippen molar-refractivity contribution in [2.24, 2.45) is 0 Å². The van der Waals surface area contributed by atoms with E-state index in [2.05, 4.69) is 27.0 Å². The molecule has 2 aromatic rings. The van der Waals surface area contributed by atoms with Crippen molar-refractivity contribution in [3.63, 3.8) is 0 Å². The third kappa shape index (κ3) is 2.15. The maximum atomic E-state index is 10.9. The number of nitrogens with one attached hydrogen (secondary N) is 1. The summed E-state index contributed by atoms with van der Waals surface area (Å²) in [4.78, 5) is 15.5. The van der Waals surface area contributed by atoms with Gasteiger partial charge in [0.2, 0.25) is 0 Å². The van der Waals surface area contributed by atoms with Crippen LogP contribution in [0.4, 0.5) is 5.82 Å².